The molecule has 0 aliphatic rings. The minimum atomic E-state index is -1.37. The molecular weight excluding hydrogens is 279 g/mol. The highest BCUT2D eigenvalue weighted by Crippen LogP contribution is 2.24. The fourth-order valence-corrected chi connectivity index (χ4v) is 1.76. The number of rotatable bonds is 2. The van der Waals surface area contributed by atoms with Crippen LogP contribution in [0.2, 0.25) is 5.02 Å². The monoisotopic (exact) mass is 285 g/mol. The topological polar surface area (TPSA) is 43.1 Å². The molecule has 0 heterocycles. The number of carbonyl (C=O) groups excluding carboxylic acids is 1. The number of halogens is 4. The Morgan fingerprint density at radius 2 is 1.58 bits per heavy atom. The molecule has 0 fully saturated rings. The predicted octanol–water partition coefficient (Wildman–Crippen LogP) is 3.57. The fourth-order valence-electron chi connectivity index (χ4n) is 1.56. The molecule has 0 aliphatic heterocycles. The van der Waals surface area contributed by atoms with Crippen molar-refractivity contribution in [3.8, 4) is 0 Å². The summed E-state index contributed by atoms with van der Waals surface area (Å²) < 4.78 is 39.4. The quantitative estimate of drug-likeness (QED) is 0.521. The van der Waals surface area contributed by atoms with Crippen molar-refractivity contribution in [2.75, 3.05) is 5.73 Å². The van der Waals surface area contributed by atoms with E-state index in [1.807, 2.05) is 0 Å². The van der Waals surface area contributed by atoms with E-state index < -0.39 is 28.8 Å². The third-order valence-corrected chi connectivity index (χ3v) is 2.82. The molecule has 6 heteroatoms. The van der Waals surface area contributed by atoms with Gasteiger partial charge in [0.25, 0.3) is 0 Å². The van der Waals surface area contributed by atoms with Gasteiger partial charge in [0.15, 0.2) is 17.4 Å². The van der Waals surface area contributed by atoms with E-state index in [1.54, 1.807) is 0 Å². The van der Waals surface area contributed by atoms with Gasteiger partial charge in [-0.05, 0) is 24.3 Å². The van der Waals surface area contributed by atoms with E-state index in [0.717, 1.165) is 0 Å². The van der Waals surface area contributed by atoms with Crippen LogP contribution in [0.15, 0.2) is 30.3 Å². The number of nitrogen functional groups attached to an aromatic ring is 1. The van der Waals surface area contributed by atoms with Crippen molar-refractivity contribution in [3.63, 3.8) is 0 Å². The Balaban J connectivity index is 2.56. The maximum Gasteiger partial charge on any atom is 0.197 e. The van der Waals surface area contributed by atoms with Crippen LogP contribution in [0.1, 0.15) is 15.9 Å². The van der Waals surface area contributed by atoms with E-state index in [9.17, 15) is 18.0 Å². The van der Waals surface area contributed by atoms with Crippen molar-refractivity contribution in [1.82, 2.24) is 0 Å². The lowest BCUT2D eigenvalue weighted by Gasteiger charge is -2.06. The molecule has 2 N–H and O–H groups in total. The summed E-state index contributed by atoms with van der Waals surface area (Å²) in [7, 11) is 0. The van der Waals surface area contributed by atoms with Gasteiger partial charge < -0.3 is 5.73 Å². The average Bonchev–Trinajstić information content (AvgIpc) is 2.36. The first-order chi connectivity index (χ1) is 8.90. The summed E-state index contributed by atoms with van der Waals surface area (Å²) in [5, 5.41) is 0.0448. The van der Waals surface area contributed by atoms with E-state index >= 15 is 0 Å². The molecule has 0 radical (unpaired) electrons. The molecule has 2 aromatic rings. The lowest BCUT2D eigenvalue weighted by molar-refractivity contribution is 0.103. The van der Waals surface area contributed by atoms with Gasteiger partial charge in [-0.3, -0.25) is 4.79 Å². The van der Waals surface area contributed by atoms with Gasteiger partial charge in [-0.1, -0.05) is 11.6 Å². The smallest absolute Gasteiger partial charge is 0.197 e. The molecular formula is C13H7ClF3NO. The molecule has 2 nitrogen and oxygen atoms in total. The van der Waals surface area contributed by atoms with Crippen molar-refractivity contribution < 1.29 is 18.0 Å². The van der Waals surface area contributed by atoms with Gasteiger partial charge in [-0.15, -0.1) is 0 Å². The third kappa shape index (κ3) is 2.56. The molecule has 0 aromatic heterocycles. The van der Waals surface area contributed by atoms with Crippen LogP contribution in [0, 0.1) is 17.5 Å². The van der Waals surface area contributed by atoms with E-state index in [4.69, 9.17) is 17.3 Å². The van der Waals surface area contributed by atoms with Gasteiger partial charge in [-0.2, -0.15) is 0 Å². The van der Waals surface area contributed by atoms with Crippen molar-refractivity contribution in [1.29, 1.82) is 0 Å². The van der Waals surface area contributed by atoms with Crippen LogP contribution < -0.4 is 5.73 Å². The van der Waals surface area contributed by atoms with Gasteiger partial charge in [0.05, 0.1) is 10.6 Å². The molecule has 0 unspecified atom stereocenters. The summed E-state index contributed by atoms with van der Waals surface area (Å²) in [5.74, 6) is -4.71. The maximum atomic E-state index is 13.5. The molecule has 98 valence electrons. The van der Waals surface area contributed by atoms with Gasteiger partial charge in [0, 0.05) is 17.3 Å². The van der Waals surface area contributed by atoms with E-state index in [0.29, 0.717) is 12.1 Å². The molecule has 0 spiro atoms. The number of ketones is 1. The van der Waals surface area contributed by atoms with Crippen molar-refractivity contribution in [2.45, 2.75) is 0 Å². The standard InChI is InChI=1S/C13H7ClF3NO/c14-9-2-1-6(18)3-7(9)13(19)8-4-11(16)12(17)5-10(8)15/h1-5H,18H2. The van der Waals surface area contributed by atoms with Gasteiger partial charge in [0.2, 0.25) is 0 Å². The van der Waals surface area contributed by atoms with E-state index in [1.165, 1.54) is 18.2 Å². The minimum absolute atomic E-state index is 0.0448. The molecule has 2 aromatic carbocycles. The molecule has 2 rings (SSSR count). The summed E-state index contributed by atoms with van der Waals surface area (Å²) >= 11 is 5.80. The molecule has 0 amide bonds. The van der Waals surface area contributed by atoms with Gasteiger partial charge in [-0.25, -0.2) is 13.2 Å². The summed E-state index contributed by atoms with van der Waals surface area (Å²) in [4.78, 5) is 12.0. The number of carbonyl (C=O) groups is 1. The van der Waals surface area contributed by atoms with Crippen LogP contribution in [-0.2, 0) is 0 Å². The predicted molar refractivity (Wildman–Crippen MR) is 65.6 cm³/mol. The summed E-state index contributed by atoms with van der Waals surface area (Å²) in [6.45, 7) is 0. The highest BCUT2D eigenvalue weighted by molar-refractivity contribution is 6.35. The summed E-state index contributed by atoms with van der Waals surface area (Å²) in [6.07, 6.45) is 0. The Hall–Kier alpha value is -2.01. The van der Waals surface area contributed by atoms with Crippen LogP contribution in [0.25, 0.3) is 0 Å². The van der Waals surface area contributed by atoms with Gasteiger partial charge in [0.1, 0.15) is 5.82 Å². The zero-order valence-electron chi connectivity index (χ0n) is 9.38. The number of hydrogen-bond donors (Lipinski definition) is 1. The molecule has 0 aliphatic carbocycles. The Labute approximate surface area is 111 Å². The second-order valence-corrected chi connectivity index (χ2v) is 4.22. The Kier molecular flexibility index (Phi) is 3.48. The Bertz CT molecular complexity index is 673. The largest absolute Gasteiger partial charge is 0.399 e. The van der Waals surface area contributed by atoms with Crippen LogP contribution in [-0.4, -0.2) is 5.78 Å². The number of benzene rings is 2. The first kappa shape index (κ1) is 13.4. The normalized spacial score (nSPS) is 10.5. The van der Waals surface area contributed by atoms with Crippen LogP contribution >= 0.6 is 11.6 Å². The van der Waals surface area contributed by atoms with Crippen LogP contribution in [0.3, 0.4) is 0 Å². The number of anilines is 1. The zero-order chi connectivity index (χ0) is 14.2. The lowest BCUT2D eigenvalue weighted by atomic mass is 10.0. The van der Waals surface area contributed by atoms with Crippen LogP contribution in [0.4, 0.5) is 18.9 Å². The number of nitrogens with two attached hydrogens (primary N) is 1. The second-order valence-electron chi connectivity index (χ2n) is 3.81. The SMILES string of the molecule is Nc1ccc(Cl)c(C(=O)c2cc(F)c(F)cc2F)c1. The first-order valence-electron chi connectivity index (χ1n) is 5.14. The zero-order valence-corrected chi connectivity index (χ0v) is 10.1. The Morgan fingerprint density at radius 3 is 2.26 bits per heavy atom. The molecule has 0 saturated carbocycles. The average molecular weight is 286 g/mol. The Morgan fingerprint density at radius 1 is 0.947 bits per heavy atom. The highest BCUT2D eigenvalue weighted by atomic mass is 35.5. The van der Waals surface area contributed by atoms with Crippen LogP contribution in [0.5, 0.6) is 0 Å². The second kappa shape index (κ2) is 4.93. The number of hydrogen-bond acceptors (Lipinski definition) is 2. The summed E-state index contributed by atoms with van der Waals surface area (Å²) in [5.41, 5.74) is 5.06. The highest BCUT2D eigenvalue weighted by Gasteiger charge is 2.20. The van der Waals surface area contributed by atoms with Crippen molar-refractivity contribution in [2.24, 2.45) is 0 Å². The lowest BCUT2D eigenvalue weighted by Crippen LogP contribution is -2.07. The summed E-state index contributed by atoms with van der Waals surface area (Å²) in [6, 6.07) is 4.86. The van der Waals surface area contributed by atoms with E-state index in [2.05, 4.69) is 0 Å². The van der Waals surface area contributed by atoms with E-state index in [-0.39, 0.29) is 16.3 Å². The fraction of sp³-hybridized carbons (Fsp3) is 0. The minimum Gasteiger partial charge on any atom is -0.399 e. The molecule has 0 atom stereocenters. The van der Waals surface area contributed by atoms with Gasteiger partial charge >= 0.3 is 0 Å². The van der Waals surface area contributed by atoms with Crippen molar-refractivity contribution in [3.05, 3.63) is 63.9 Å². The molecule has 0 saturated heterocycles. The molecule has 19 heavy (non-hydrogen) atoms. The molecule has 0 bridgehead atoms. The maximum absolute atomic E-state index is 13.5. The first-order valence-corrected chi connectivity index (χ1v) is 5.52. The third-order valence-electron chi connectivity index (χ3n) is 2.49. The van der Waals surface area contributed by atoms with Crippen molar-refractivity contribution >= 4 is 23.1 Å².